The summed E-state index contributed by atoms with van der Waals surface area (Å²) in [6.07, 6.45) is 7.85. The largest absolute Gasteiger partial charge is 0.497 e. The second-order valence-corrected chi connectivity index (χ2v) is 5.96. The van der Waals surface area contributed by atoms with Crippen molar-refractivity contribution in [1.82, 2.24) is 10.2 Å². The third-order valence-electron chi connectivity index (χ3n) is 4.25. The van der Waals surface area contributed by atoms with Crippen molar-refractivity contribution >= 4 is 0 Å². The second-order valence-electron chi connectivity index (χ2n) is 5.96. The smallest absolute Gasteiger partial charge is 0.118 e. The van der Waals surface area contributed by atoms with Gasteiger partial charge in [0.05, 0.1) is 7.11 Å². The Morgan fingerprint density at radius 1 is 1.00 bits per heavy atom. The standard InChI is InChI=1S/C18H30N2O/c1-21-18-10-8-17(9-11-18)7-5-12-19-13-6-16-20-14-3-2-4-15-20/h8-11,19H,2-7,12-16H2,1H3. The van der Waals surface area contributed by atoms with Gasteiger partial charge >= 0.3 is 0 Å². The zero-order valence-electron chi connectivity index (χ0n) is 13.4. The molecule has 1 saturated heterocycles. The van der Waals surface area contributed by atoms with Gasteiger partial charge in [0.15, 0.2) is 0 Å². The third-order valence-corrected chi connectivity index (χ3v) is 4.25. The molecule has 0 atom stereocenters. The van der Waals surface area contributed by atoms with Gasteiger partial charge in [-0.3, -0.25) is 0 Å². The molecule has 3 nitrogen and oxygen atoms in total. The van der Waals surface area contributed by atoms with Crippen LogP contribution < -0.4 is 10.1 Å². The molecule has 1 aromatic rings. The quantitative estimate of drug-likeness (QED) is 0.707. The first-order valence-corrected chi connectivity index (χ1v) is 8.44. The molecule has 0 unspecified atom stereocenters. The Balaban J connectivity index is 1.46. The van der Waals surface area contributed by atoms with E-state index >= 15 is 0 Å². The molecule has 118 valence electrons. The van der Waals surface area contributed by atoms with Gasteiger partial charge in [-0.25, -0.2) is 0 Å². The van der Waals surface area contributed by atoms with E-state index in [-0.39, 0.29) is 0 Å². The minimum absolute atomic E-state index is 0.939. The maximum atomic E-state index is 5.17. The molecule has 0 aromatic heterocycles. The maximum Gasteiger partial charge on any atom is 0.118 e. The summed E-state index contributed by atoms with van der Waals surface area (Å²) in [6, 6.07) is 8.41. The molecular formula is C18H30N2O. The molecule has 1 aliphatic heterocycles. The summed E-state index contributed by atoms with van der Waals surface area (Å²) in [5, 5.41) is 3.57. The molecule has 0 bridgehead atoms. The molecule has 3 heteroatoms. The molecule has 1 fully saturated rings. The van der Waals surface area contributed by atoms with Crippen LogP contribution in [0.3, 0.4) is 0 Å². The number of methoxy groups -OCH3 is 1. The monoisotopic (exact) mass is 290 g/mol. The van der Waals surface area contributed by atoms with Crippen molar-refractivity contribution in [3.8, 4) is 5.75 Å². The van der Waals surface area contributed by atoms with Gasteiger partial charge in [-0.2, -0.15) is 0 Å². The van der Waals surface area contributed by atoms with Gasteiger partial charge in [0.25, 0.3) is 0 Å². The Bertz CT molecular complexity index is 371. The number of benzene rings is 1. The fourth-order valence-electron chi connectivity index (χ4n) is 2.95. The summed E-state index contributed by atoms with van der Waals surface area (Å²) in [7, 11) is 1.71. The van der Waals surface area contributed by atoms with Crippen LogP contribution in [0.15, 0.2) is 24.3 Å². The molecule has 0 amide bonds. The van der Waals surface area contributed by atoms with Gasteiger partial charge in [-0.05, 0) is 82.5 Å². The van der Waals surface area contributed by atoms with Gasteiger partial charge in [0.1, 0.15) is 5.75 Å². The van der Waals surface area contributed by atoms with E-state index in [1.54, 1.807) is 7.11 Å². The Labute approximate surface area is 129 Å². The SMILES string of the molecule is COc1ccc(CCCNCCCN2CCCCC2)cc1. The summed E-state index contributed by atoms with van der Waals surface area (Å²) >= 11 is 0. The molecule has 1 heterocycles. The van der Waals surface area contributed by atoms with Crippen LogP contribution in [0.4, 0.5) is 0 Å². The van der Waals surface area contributed by atoms with Crippen LogP contribution in [0, 0.1) is 0 Å². The molecular weight excluding hydrogens is 260 g/mol. The van der Waals surface area contributed by atoms with E-state index in [2.05, 4.69) is 22.3 Å². The van der Waals surface area contributed by atoms with Crippen molar-refractivity contribution in [1.29, 1.82) is 0 Å². The number of rotatable bonds is 9. The van der Waals surface area contributed by atoms with Gasteiger partial charge < -0.3 is 15.0 Å². The lowest BCUT2D eigenvalue weighted by Gasteiger charge is -2.26. The van der Waals surface area contributed by atoms with Crippen LogP contribution >= 0.6 is 0 Å². The van der Waals surface area contributed by atoms with Crippen LogP contribution in [0.2, 0.25) is 0 Å². The van der Waals surface area contributed by atoms with Crippen LogP contribution in [0.5, 0.6) is 5.75 Å². The molecule has 0 aliphatic carbocycles. The lowest BCUT2D eigenvalue weighted by atomic mass is 10.1. The molecule has 0 saturated carbocycles. The Morgan fingerprint density at radius 2 is 1.71 bits per heavy atom. The number of likely N-dealkylation sites (tertiary alicyclic amines) is 1. The van der Waals surface area contributed by atoms with Crippen molar-refractivity contribution in [3.63, 3.8) is 0 Å². The molecule has 1 N–H and O–H groups in total. The van der Waals surface area contributed by atoms with Crippen LogP contribution in [-0.4, -0.2) is 44.7 Å². The van der Waals surface area contributed by atoms with E-state index in [0.29, 0.717) is 0 Å². The van der Waals surface area contributed by atoms with Gasteiger partial charge in [0, 0.05) is 0 Å². The summed E-state index contributed by atoms with van der Waals surface area (Å²) in [6.45, 7) is 6.17. The fourth-order valence-corrected chi connectivity index (χ4v) is 2.95. The number of hydrogen-bond acceptors (Lipinski definition) is 3. The zero-order valence-corrected chi connectivity index (χ0v) is 13.4. The van der Waals surface area contributed by atoms with Gasteiger partial charge in [-0.15, -0.1) is 0 Å². The third kappa shape index (κ3) is 6.49. The molecule has 0 spiro atoms. The Kier molecular flexibility index (Phi) is 7.61. The summed E-state index contributed by atoms with van der Waals surface area (Å²) in [4.78, 5) is 2.61. The second kappa shape index (κ2) is 9.80. The van der Waals surface area contributed by atoms with E-state index in [1.807, 2.05) is 12.1 Å². The number of nitrogens with one attached hydrogen (secondary N) is 1. The highest BCUT2D eigenvalue weighted by molar-refractivity contribution is 5.27. The normalized spacial score (nSPS) is 16.0. The van der Waals surface area contributed by atoms with E-state index in [0.717, 1.165) is 25.3 Å². The van der Waals surface area contributed by atoms with E-state index in [9.17, 15) is 0 Å². The van der Waals surface area contributed by atoms with Crippen molar-refractivity contribution in [2.45, 2.75) is 38.5 Å². The molecule has 2 rings (SSSR count). The van der Waals surface area contributed by atoms with E-state index in [4.69, 9.17) is 4.74 Å². The average Bonchev–Trinajstić information content (AvgIpc) is 2.55. The molecule has 21 heavy (non-hydrogen) atoms. The number of aryl methyl sites for hydroxylation is 1. The zero-order chi connectivity index (χ0) is 14.8. The number of piperidine rings is 1. The molecule has 1 aromatic carbocycles. The first kappa shape index (κ1) is 16.3. The maximum absolute atomic E-state index is 5.17. The van der Waals surface area contributed by atoms with Crippen LogP contribution in [-0.2, 0) is 6.42 Å². The van der Waals surface area contributed by atoms with E-state index < -0.39 is 0 Å². The van der Waals surface area contributed by atoms with Gasteiger partial charge in [0.2, 0.25) is 0 Å². The Morgan fingerprint density at radius 3 is 2.43 bits per heavy atom. The topological polar surface area (TPSA) is 24.5 Å². The Hall–Kier alpha value is -1.06. The van der Waals surface area contributed by atoms with Crippen LogP contribution in [0.1, 0.15) is 37.7 Å². The predicted octanol–water partition coefficient (Wildman–Crippen LogP) is 3.09. The molecule has 0 radical (unpaired) electrons. The lowest BCUT2D eigenvalue weighted by molar-refractivity contribution is 0.226. The summed E-state index contributed by atoms with van der Waals surface area (Å²) in [5.41, 5.74) is 1.39. The van der Waals surface area contributed by atoms with Crippen molar-refractivity contribution in [2.75, 3.05) is 39.8 Å². The van der Waals surface area contributed by atoms with Crippen molar-refractivity contribution in [3.05, 3.63) is 29.8 Å². The average molecular weight is 290 g/mol. The predicted molar refractivity (Wildman–Crippen MR) is 89.1 cm³/mol. The fraction of sp³-hybridized carbons (Fsp3) is 0.667. The highest BCUT2D eigenvalue weighted by Gasteiger charge is 2.08. The summed E-state index contributed by atoms with van der Waals surface area (Å²) < 4.78 is 5.17. The van der Waals surface area contributed by atoms with E-state index in [1.165, 1.54) is 57.3 Å². The van der Waals surface area contributed by atoms with Crippen molar-refractivity contribution in [2.24, 2.45) is 0 Å². The minimum atomic E-state index is 0.939. The first-order valence-electron chi connectivity index (χ1n) is 8.44. The highest BCUT2D eigenvalue weighted by Crippen LogP contribution is 2.12. The number of hydrogen-bond donors (Lipinski definition) is 1. The minimum Gasteiger partial charge on any atom is -0.497 e. The first-order chi connectivity index (χ1) is 10.4. The van der Waals surface area contributed by atoms with Crippen molar-refractivity contribution < 1.29 is 4.74 Å². The van der Waals surface area contributed by atoms with Crippen LogP contribution in [0.25, 0.3) is 0 Å². The number of nitrogens with zero attached hydrogens (tertiary/aromatic N) is 1. The molecule has 1 aliphatic rings. The number of ether oxygens (including phenoxy) is 1. The summed E-state index contributed by atoms with van der Waals surface area (Å²) in [5.74, 6) is 0.939. The highest BCUT2D eigenvalue weighted by atomic mass is 16.5. The van der Waals surface area contributed by atoms with Gasteiger partial charge in [-0.1, -0.05) is 18.6 Å². The lowest BCUT2D eigenvalue weighted by Crippen LogP contribution is -2.32.